The molecule has 0 radical (unpaired) electrons. The molecule has 2 rings (SSSR count). The molecule has 0 amide bonds. The molecule has 1 aliphatic heterocycles. The van der Waals surface area contributed by atoms with Crippen LogP contribution in [0.3, 0.4) is 0 Å². The Balaban J connectivity index is 2.12. The number of pyridine rings is 1. The maximum absolute atomic E-state index is 11.9. The fraction of sp³-hybridized carbons (Fsp3) is 0.571. The van der Waals surface area contributed by atoms with Gasteiger partial charge in [0.05, 0.1) is 18.5 Å². The van der Waals surface area contributed by atoms with Gasteiger partial charge in [-0.2, -0.15) is 0 Å². The van der Waals surface area contributed by atoms with Crippen LogP contribution < -0.4 is 11.1 Å². The number of nitrogens with zero attached hydrogens (tertiary/aromatic N) is 2. The molecular formula is C14H22N4O2. The third-order valence-corrected chi connectivity index (χ3v) is 3.46. The van der Waals surface area contributed by atoms with Crippen LogP contribution in [0.5, 0.6) is 0 Å². The molecule has 2 heterocycles. The average Bonchev–Trinajstić information content (AvgIpc) is 2.43. The van der Waals surface area contributed by atoms with E-state index in [-0.39, 0.29) is 5.97 Å². The number of carbonyl (C=O) groups excluding carboxylic acids is 1. The van der Waals surface area contributed by atoms with Gasteiger partial charge in [0.1, 0.15) is 11.4 Å². The summed E-state index contributed by atoms with van der Waals surface area (Å²) in [4.78, 5) is 18.5. The molecule has 1 fully saturated rings. The highest BCUT2D eigenvalue weighted by Crippen LogP contribution is 2.20. The van der Waals surface area contributed by atoms with Crippen molar-refractivity contribution < 1.29 is 9.53 Å². The Morgan fingerprint density at radius 1 is 1.55 bits per heavy atom. The maximum Gasteiger partial charge on any atom is 0.341 e. The normalized spacial score (nSPS) is 16.9. The molecule has 1 aliphatic rings. The lowest BCUT2D eigenvalue weighted by atomic mass is 10.1. The number of hydrogen-bond acceptors (Lipinski definition) is 6. The minimum absolute atomic E-state index is 0.329. The largest absolute Gasteiger partial charge is 0.462 e. The number of likely N-dealkylation sites (tertiary alicyclic amines) is 1. The molecule has 0 atom stereocenters. The first-order valence-electron chi connectivity index (χ1n) is 6.98. The van der Waals surface area contributed by atoms with Crippen molar-refractivity contribution in [3.05, 3.63) is 17.8 Å². The van der Waals surface area contributed by atoms with Crippen LogP contribution in [0.15, 0.2) is 12.3 Å². The lowest BCUT2D eigenvalue weighted by molar-refractivity contribution is 0.0527. The second kappa shape index (κ2) is 6.56. The van der Waals surface area contributed by atoms with Gasteiger partial charge in [-0.1, -0.05) is 0 Å². The summed E-state index contributed by atoms with van der Waals surface area (Å²) in [6.45, 7) is 4.20. The van der Waals surface area contributed by atoms with E-state index in [1.54, 1.807) is 19.2 Å². The van der Waals surface area contributed by atoms with Crippen molar-refractivity contribution in [2.24, 2.45) is 0 Å². The second-order valence-corrected chi connectivity index (χ2v) is 5.11. The van der Waals surface area contributed by atoms with E-state index in [1.165, 1.54) is 0 Å². The Hall–Kier alpha value is -1.82. The summed E-state index contributed by atoms with van der Waals surface area (Å²) >= 11 is 0. The molecular weight excluding hydrogens is 256 g/mol. The molecule has 0 spiro atoms. The number of piperidine rings is 1. The average molecular weight is 278 g/mol. The first-order valence-corrected chi connectivity index (χ1v) is 6.98. The summed E-state index contributed by atoms with van der Waals surface area (Å²) in [7, 11) is 2.11. The number of esters is 1. The molecule has 0 aliphatic carbocycles. The van der Waals surface area contributed by atoms with E-state index < -0.39 is 0 Å². The van der Waals surface area contributed by atoms with E-state index in [9.17, 15) is 4.79 Å². The highest BCUT2D eigenvalue weighted by atomic mass is 16.5. The van der Waals surface area contributed by atoms with E-state index in [4.69, 9.17) is 10.5 Å². The van der Waals surface area contributed by atoms with Gasteiger partial charge in [-0.15, -0.1) is 0 Å². The van der Waals surface area contributed by atoms with Gasteiger partial charge in [0.15, 0.2) is 0 Å². The molecule has 0 saturated carbocycles. The summed E-state index contributed by atoms with van der Waals surface area (Å²) < 4.78 is 5.05. The summed E-state index contributed by atoms with van der Waals surface area (Å²) in [5.74, 6) is 0.176. The zero-order valence-electron chi connectivity index (χ0n) is 12.1. The molecule has 3 N–H and O–H groups in total. The Morgan fingerprint density at radius 3 is 2.90 bits per heavy atom. The third-order valence-electron chi connectivity index (χ3n) is 3.46. The molecule has 0 aromatic carbocycles. The van der Waals surface area contributed by atoms with Crippen molar-refractivity contribution in [2.75, 3.05) is 37.8 Å². The van der Waals surface area contributed by atoms with Gasteiger partial charge in [0.25, 0.3) is 0 Å². The number of anilines is 2. The van der Waals surface area contributed by atoms with E-state index in [1.807, 2.05) is 0 Å². The molecule has 6 nitrogen and oxygen atoms in total. The summed E-state index contributed by atoms with van der Waals surface area (Å²) in [5.41, 5.74) is 6.58. The topological polar surface area (TPSA) is 80.5 Å². The predicted octanol–water partition coefficient (Wildman–Crippen LogP) is 1.35. The number of carbonyl (C=O) groups is 1. The number of rotatable bonds is 4. The van der Waals surface area contributed by atoms with Gasteiger partial charge in [-0.05, 0) is 46.0 Å². The Labute approximate surface area is 119 Å². The molecule has 1 aromatic heterocycles. The van der Waals surface area contributed by atoms with Crippen LogP contribution in [-0.2, 0) is 4.74 Å². The Bertz CT molecular complexity index is 470. The van der Waals surface area contributed by atoms with Crippen molar-refractivity contribution in [3.8, 4) is 0 Å². The number of ether oxygens (including phenoxy) is 1. The van der Waals surface area contributed by atoms with Crippen LogP contribution in [0.25, 0.3) is 0 Å². The molecule has 1 aromatic rings. The maximum atomic E-state index is 11.9. The lowest BCUT2D eigenvalue weighted by Crippen LogP contribution is -2.37. The molecule has 0 bridgehead atoms. The highest BCUT2D eigenvalue weighted by Gasteiger charge is 2.20. The van der Waals surface area contributed by atoms with Crippen LogP contribution in [0.1, 0.15) is 30.1 Å². The first kappa shape index (κ1) is 14.6. The smallest absolute Gasteiger partial charge is 0.341 e. The predicted molar refractivity (Wildman–Crippen MR) is 78.7 cm³/mol. The highest BCUT2D eigenvalue weighted by molar-refractivity contribution is 5.95. The van der Waals surface area contributed by atoms with Gasteiger partial charge in [-0.3, -0.25) is 0 Å². The molecule has 20 heavy (non-hydrogen) atoms. The standard InChI is InChI=1S/C14H22N4O2/c1-3-20-14(19)12-8-10(15)9-16-13(12)17-11-4-6-18(2)7-5-11/h8-9,11H,3-7,15H2,1-2H3,(H,16,17). The van der Waals surface area contributed by atoms with Gasteiger partial charge in [-0.25, -0.2) is 9.78 Å². The Kier molecular flexibility index (Phi) is 4.79. The minimum atomic E-state index is -0.386. The van der Waals surface area contributed by atoms with E-state index >= 15 is 0 Å². The van der Waals surface area contributed by atoms with Crippen LogP contribution in [0.4, 0.5) is 11.5 Å². The summed E-state index contributed by atoms with van der Waals surface area (Å²) in [6.07, 6.45) is 3.62. The number of nitrogens with one attached hydrogen (secondary N) is 1. The SMILES string of the molecule is CCOC(=O)c1cc(N)cnc1NC1CCN(C)CC1. The van der Waals surface area contributed by atoms with Gasteiger partial charge >= 0.3 is 5.97 Å². The number of nitrogens with two attached hydrogens (primary N) is 1. The van der Waals surface area contributed by atoms with Crippen molar-refractivity contribution in [2.45, 2.75) is 25.8 Å². The van der Waals surface area contributed by atoms with Gasteiger partial charge in [0, 0.05) is 6.04 Å². The quantitative estimate of drug-likeness (QED) is 0.809. The summed E-state index contributed by atoms with van der Waals surface area (Å²) in [5, 5.41) is 3.34. The number of nitrogen functional groups attached to an aromatic ring is 1. The van der Waals surface area contributed by atoms with Gasteiger partial charge < -0.3 is 20.7 Å². The van der Waals surface area contributed by atoms with E-state index in [0.29, 0.717) is 29.7 Å². The first-order chi connectivity index (χ1) is 9.60. The van der Waals surface area contributed by atoms with Crippen molar-refractivity contribution >= 4 is 17.5 Å². The van der Waals surface area contributed by atoms with E-state index in [2.05, 4.69) is 22.2 Å². The zero-order valence-corrected chi connectivity index (χ0v) is 12.1. The van der Waals surface area contributed by atoms with Crippen LogP contribution in [-0.4, -0.2) is 48.6 Å². The lowest BCUT2D eigenvalue weighted by Gasteiger charge is -2.30. The Morgan fingerprint density at radius 2 is 2.25 bits per heavy atom. The number of aromatic nitrogens is 1. The van der Waals surface area contributed by atoms with Crippen LogP contribution in [0.2, 0.25) is 0 Å². The second-order valence-electron chi connectivity index (χ2n) is 5.11. The molecule has 1 saturated heterocycles. The van der Waals surface area contributed by atoms with Crippen molar-refractivity contribution in [1.29, 1.82) is 0 Å². The third kappa shape index (κ3) is 3.60. The molecule has 0 unspecified atom stereocenters. The monoisotopic (exact) mass is 278 g/mol. The fourth-order valence-electron chi connectivity index (χ4n) is 2.31. The van der Waals surface area contributed by atoms with E-state index in [0.717, 1.165) is 25.9 Å². The summed E-state index contributed by atoms with van der Waals surface area (Å²) in [6, 6.07) is 1.94. The van der Waals surface area contributed by atoms with Crippen LogP contribution >= 0.6 is 0 Å². The molecule has 6 heteroatoms. The van der Waals surface area contributed by atoms with Crippen molar-refractivity contribution in [1.82, 2.24) is 9.88 Å². The minimum Gasteiger partial charge on any atom is -0.462 e. The van der Waals surface area contributed by atoms with Gasteiger partial charge in [0.2, 0.25) is 0 Å². The molecule has 110 valence electrons. The number of hydrogen-bond donors (Lipinski definition) is 2. The van der Waals surface area contributed by atoms with Crippen molar-refractivity contribution in [3.63, 3.8) is 0 Å². The fourth-order valence-corrected chi connectivity index (χ4v) is 2.31. The van der Waals surface area contributed by atoms with Crippen LogP contribution in [0, 0.1) is 0 Å². The zero-order chi connectivity index (χ0) is 14.5.